The average molecular weight is 260 g/mol. The molecule has 0 fully saturated rings. The Kier molecular flexibility index (Phi) is 6.24. The summed E-state index contributed by atoms with van der Waals surface area (Å²) in [7, 11) is 0. The number of carbonyl (C=O) groups excluding carboxylic acids is 2. The highest BCUT2D eigenvalue weighted by Gasteiger charge is 2.01. The Morgan fingerprint density at radius 2 is 1.94 bits per heavy atom. The van der Waals surface area contributed by atoms with E-state index in [9.17, 15) is 9.59 Å². The van der Waals surface area contributed by atoms with Crippen molar-refractivity contribution < 1.29 is 9.59 Å². The fraction of sp³-hybridized carbons (Fsp3) is 0.333. The molecule has 0 aliphatic carbocycles. The molecule has 94 valence electrons. The van der Waals surface area contributed by atoms with Crippen LogP contribution in [0.4, 0.5) is 0 Å². The molecule has 0 aliphatic rings. The second kappa shape index (κ2) is 7.73. The van der Waals surface area contributed by atoms with E-state index in [1.54, 1.807) is 13.8 Å². The lowest BCUT2D eigenvalue weighted by Gasteiger charge is -2.00. The zero-order valence-corrected chi connectivity index (χ0v) is 11.5. The Balaban J connectivity index is 2.63. The Labute approximate surface area is 112 Å². The fourth-order valence-corrected chi connectivity index (χ4v) is 1.96. The van der Waals surface area contributed by atoms with Crippen LogP contribution >= 0.6 is 11.8 Å². The maximum atomic E-state index is 11.1. The first kappa shape index (κ1) is 14.5. The molecule has 0 N–H and O–H groups in total. The molecule has 0 aromatic heterocycles. The lowest BCUT2D eigenvalue weighted by atomic mass is 10.0. The lowest BCUT2D eigenvalue weighted by molar-refractivity contribution is -0.116. The zero-order chi connectivity index (χ0) is 13.4. The van der Waals surface area contributed by atoms with E-state index >= 15 is 0 Å². The molecule has 0 saturated heterocycles. The summed E-state index contributed by atoms with van der Waals surface area (Å²) in [5, 5.41) is 0.119. The van der Waals surface area contributed by atoms with Gasteiger partial charge in [0.2, 0.25) is 0 Å². The third-order valence-corrected chi connectivity index (χ3v) is 3.03. The molecule has 0 unspecified atom stereocenters. The van der Waals surface area contributed by atoms with Crippen LogP contribution in [-0.4, -0.2) is 16.7 Å². The molecule has 0 bridgehead atoms. The number of hydrogen-bond donors (Lipinski definition) is 0. The minimum absolute atomic E-state index is 0.119. The van der Waals surface area contributed by atoms with E-state index in [1.165, 1.54) is 11.8 Å². The highest BCUT2D eigenvalue weighted by molar-refractivity contribution is 8.13. The zero-order valence-electron chi connectivity index (χ0n) is 10.7. The van der Waals surface area contributed by atoms with Gasteiger partial charge in [-0.3, -0.25) is 9.59 Å². The largest absolute Gasteiger partial charge is 0.300 e. The summed E-state index contributed by atoms with van der Waals surface area (Å²) in [6.45, 7) is 3.13. The van der Waals surface area contributed by atoms with Gasteiger partial charge in [0.05, 0.1) is 0 Å². The highest BCUT2D eigenvalue weighted by atomic mass is 32.2. The number of hydrogen-bond acceptors (Lipinski definition) is 3. The van der Waals surface area contributed by atoms with Gasteiger partial charge in [-0.2, -0.15) is 0 Å². The molecule has 2 nitrogen and oxygen atoms in total. The minimum atomic E-state index is 0.119. The van der Waals surface area contributed by atoms with Crippen molar-refractivity contribution in [2.24, 2.45) is 0 Å². The van der Waals surface area contributed by atoms with Gasteiger partial charge in [-0.15, -0.1) is 0 Å². The van der Waals surface area contributed by atoms with Crippen molar-refractivity contribution in [3.05, 3.63) is 35.4 Å². The molecule has 0 atom stereocenters. The molecule has 0 radical (unpaired) electrons. The number of thioether (sulfide) groups is 1. The van der Waals surface area contributed by atoms with Crippen LogP contribution in [0.5, 0.6) is 0 Å². The van der Waals surface area contributed by atoms with Crippen molar-refractivity contribution in [2.75, 3.05) is 5.75 Å². The van der Waals surface area contributed by atoms with E-state index in [-0.39, 0.29) is 10.9 Å². The van der Waals surface area contributed by atoms with Crippen molar-refractivity contribution in [2.45, 2.75) is 26.7 Å². The highest BCUT2D eigenvalue weighted by Crippen LogP contribution is 2.09. The van der Waals surface area contributed by atoms with Gasteiger partial charge in [-0.25, -0.2) is 0 Å². The summed E-state index contributed by atoms with van der Waals surface area (Å²) < 4.78 is 0. The summed E-state index contributed by atoms with van der Waals surface area (Å²) in [4.78, 5) is 21.9. The van der Waals surface area contributed by atoms with E-state index in [0.717, 1.165) is 16.9 Å². The van der Waals surface area contributed by atoms with Gasteiger partial charge in [0.25, 0.3) is 0 Å². The van der Waals surface area contributed by atoms with Crippen LogP contribution in [-0.2, 0) is 16.0 Å². The van der Waals surface area contributed by atoms with E-state index in [1.807, 2.05) is 24.3 Å². The molecule has 1 rings (SSSR count). The molecule has 0 amide bonds. The Hall–Kier alpha value is -1.53. The number of rotatable bonds is 4. The van der Waals surface area contributed by atoms with Crippen LogP contribution in [0.15, 0.2) is 24.3 Å². The molecule has 18 heavy (non-hydrogen) atoms. The Bertz CT molecular complexity index is 495. The van der Waals surface area contributed by atoms with Gasteiger partial charge in [-0.1, -0.05) is 41.8 Å². The van der Waals surface area contributed by atoms with Crippen LogP contribution in [0.25, 0.3) is 0 Å². The number of ketones is 1. The maximum Gasteiger partial charge on any atom is 0.185 e. The Morgan fingerprint density at radius 3 is 2.61 bits per heavy atom. The van der Waals surface area contributed by atoms with Gasteiger partial charge in [0.1, 0.15) is 5.78 Å². The predicted molar refractivity (Wildman–Crippen MR) is 75.5 cm³/mol. The van der Waals surface area contributed by atoms with E-state index in [4.69, 9.17) is 0 Å². The number of benzene rings is 1. The SMILES string of the molecule is CC(=O)Cc1ccccc1C#CCCSC(C)=O. The van der Waals surface area contributed by atoms with Crippen molar-refractivity contribution in [3.8, 4) is 11.8 Å². The molecule has 1 aromatic rings. The first-order valence-corrected chi connectivity index (χ1v) is 6.77. The summed E-state index contributed by atoms with van der Waals surface area (Å²) >= 11 is 1.29. The average Bonchev–Trinajstić information content (AvgIpc) is 2.29. The molecular weight excluding hydrogens is 244 g/mol. The van der Waals surface area contributed by atoms with E-state index in [2.05, 4.69) is 11.8 Å². The molecule has 0 spiro atoms. The first-order valence-electron chi connectivity index (χ1n) is 5.79. The molecule has 0 saturated carbocycles. The maximum absolute atomic E-state index is 11.1. The quantitative estimate of drug-likeness (QED) is 0.616. The molecular formula is C15H16O2S. The smallest absolute Gasteiger partial charge is 0.185 e. The number of carbonyl (C=O) groups is 2. The summed E-state index contributed by atoms with van der Waals surface area (Å²) in [5.74, 6) is 6.96. The molecule has 3 heteroatoms. The van der Waals surface area contributed by atoms with Crippen molar-refractivity contribution in [1.29, 1.82) is 0 Å². The van der Waals surface area contributed by atoms with Gasteiger partial charge in [-0.05, 0) is 18.6 Å². The van der Waals surface area contributed by atoms with Gasteiger partial charge in [0, 0.05) is 31.1 Å². The standard InChI is InChI=1S/C15H16O2S/c1-12(16)11-15-9-4-3-7-14(15)8-5-6-10-18-13(2)17/h3-4,7,9H,6,10-11H2,1-2H3. The van der Waals surface area contributed by atoms with E-state index in [0.29, 0.717) is 12.8 Å². The van der Waals surface area contributed by atoms with Gasteiger partial charge >= 0.3 is 0 Å². The molecule has 0 heterocycles. The normalized spacial score (nSPS) is 9.44. The van der Waals surface area contributed by atoms with Crippen molar-refractivity contribution in [1.82, 2.24) is 0 Å². The van der Waals surface area contributed by atoms with Crippen molar-refractivity contribution in [3.63, 3.8) is 0 Å². The van der Waals surface area contributed by atoms with Gasteiger partial charge in [0.15, 0.2) is 5.12 Å². The second-order valence-electron chi connectivity index (χ2n) is 3.93. The van der Waals surface area contributed by atoms with Crippen LogP contribution in [0.3, 0.4) is 0 Å². The van der Waals surface area contributed by atoms with Crippen molar-refractivity contribution >= 4 is 22.7 Å². The summed E-state index contributed by atoms with van der Waals surface area (Å²) in [6.07, 6.45) is 1.10. The third kappa shape index (κ3) is 5.70. The summed E-state index contributed by atoms with van der Waals surface area (Å²) in [6, 6.07) is 7.67. The fourth-order valence-electron chi connectivity index (χ4n) is 1.47. The molecule has 0 aliphatic heterocycles. The van der Waals surface area contributed by atoms with Crippen LogP contribution < -0.4 is 0 Å². The summed E-state index contributed by atoms with van der Waals surface area (Å²) in [5.41, 5.74) is 1.87. The topological polar surface area (TPSA) is 34.1 Å². The molecule has 1 aromatic carbocycles. The third-order valence-electron chi connectivity index (χ3n) is 2.21. The minimum Gasteiger partial charge on any atom is -0.300 e. The lowest BCUT2D eigenvalue weighted by Crippen LogP contribution is -1.98. The van der Waals surface area contributed by atoms with Crippen LogP contribution in [0.2, 0.25) is 0 Å². The van der Waals surface area contributed by atoms with E-state index < -0.39 is 0 Å². The second-order valence-corrected chi connectivity index (χ2v) is 5.20. The Morgan fingerprint density at radius 1 is 1.22 bits per heavy atom. The monoisotopic (exact) mass is 260 g/mol. The van der Waals surface area contributed by atoms with Crippen LogP contribution in [0.1, 0.15) is 31.4 Å². The number of Topliss-reactive ketones (excluding diaryl/α,β-unsaturated/α-hetero) is 1. The predicted octanol–water partition coefficient (Wildman–Crippen LogP) is 2.84. The first-order chi connectivity index (χ1) is 8.59. The van der Waals surface area contributed by atoms with Gasteiger partial charge < -0.3 is 0 Å². The van der Waals surface area contributed by atoms with Crippen LogP contribution in [0, 0.1) is 11.8 Å².